The average Bonchev–Trinajstić information content (AvgIpc) is 2.97. The molecule has 0 bridgehead atoms. The molecule has 1 unspecified atom stereocenters. The van der Waals surface area contributed by atoms with Gasteiger partial charge in [0.25, 0.3) is 0 Å². The number of rotatable bonds is 4. The van der Waals surface area contributed by atoms with Gasteiger partial charge in [0.15, 0.2) is 0 Å². The zero-order chi connectivity index (χ0) is 18.9. The van der Waals surface area contributed by atoms with Gasteiger partial charge in [-0.2, -0.15) is 13.2 Å². The van der Waals surface area contributed by atoms with E-state index in [2.05, 4.69) is 4.98 Å². The van der Waals surface area contributed by atoms with Crippen molar-refractivity contribution < 1.29 is 27.1 Å². The van der Waals surface area contributed by atoms with Crippen molar-refractivity contribution in [1.29, 1.82) is 0 Å². The largest absolute Gasteiger partial charge is 0.466 e. The van der Waals surface area contributed by atoms with Gasteiger partial charge in [-0.3, -0.25) is 9.78 Å². The van der Waals surface area contributed by atoms with E-state index in [9.17, 15) is 22.4 Å². The summed E-state index contributed by atoms with van der Waals surface area (Å²) < 4.78 is 57.3. The molecule has 3 nitrogen and oxygen atoms in total. The molecule has 1 aromatic carbocycles. The SMILES string of the molecule is CCOC(=O)CC1CCc2cncc(-c3ccc(C(F)(F)F)c(F)c3)c21. The van der Waals surface area contributed by atoms with Crippen LogP contribution in [0, 0.1) is 5.82 Å². The van der Waals surface area contributed by atoms with E-state index in [1.54, 1.807) is 13.1 Å². The van der Waals surface area contributed by atoms with E-state index in [0.29, 0.717) is 17.5 Å². The fraction of sp³-hybridized carbons (Fsp3) is 0.368. The summed E-state index contributed by atoms with van der Waals surface area (Å²) in [6.07, 6.45) is 0.0566. The Morgan fingerprint density at radius 1 is 1.31 bits per heavy atom. The number of fused-ring (bicyclic) bond motifs is 1. The highest BCUT2D eigenvalue weighted by molar-refractivity contribution is 5.74. The number of alkyl halides is 3. The smallest absolute Gasteiger partial charge is 0.419 e. The number of hydrogen-bond acceptors (Lipinski definition) is 3. The van der Waals surface area contributed by atoms with E-state index in [1.807, 2.05) is 0 Å². The lowest BCUT2D eigenvalue weighted by molar-refractivity contribution is -0.143. The molecule has 1 atom stereocenters. The number of aromatic nitrogens is 1. The van der Waals surface area contributed by atoms with E-state index < -0.39 is 17.6 Å². The number of hydrogen-bond donors (Lipinski definition) is 0. The lowest BCUT2D eigenvalue weighted by Crippen LogP contribution is -2.10. The Morgan fingerprint density at radius 2 is 2.08 bits per heavy atom. The highest BCUT2D eigenvalue weighted by atomic mass is 19.4. The molecule has 138 valence electrons. The van der Waals surface area contributed by atoms with Crippen molar-refractivity contribution in [3.63, 3.8) is 0 Å². The summed E-state index contributed by atoms with van der Waals surface area (Å²) in [5, 5.41) is 0. The first-order chi connectivity index (χ1) is 12.3. The lowest BCUT2D eigenvalue weighted by Gasteiger charge is -2.16. The molecule has 26 heavy (non-hydrogen) atoms. The average molecular weight is 367 g/mol. The van der Waals surface area contributed by atoms with Crippen LogP contribution in [0.5, 0.6) is 0 Å². The Hall–Kier alpha value is -2.44. The van der Waals surface area contributed by atoms with Crippen molar-refractivity contribution in [2.75, 3.05) is 6.61 Å². The van der Waals surface area contributed by atoms with Gasteiger partial charge >= 0.3 is 12.1 Å². The molecule has 0 saturated heterocycles. The van der Waals surface area contributed by atoms with Crippen molar-refractivity contribution in [3.05, 3.63) is 53.1 Å². The van der Waals surface area contributed by atoms with Gasteiger partial charge in [-0.05, 0) is 54.5 Å². The van der Waals surface area contributed by atoms with Crippen LogP contribution in [0.3, 0.4) is 0 Å². The molecule has 0 spiro atoms. The van der Waals surface area contributed by atoms with E-state index in [-0.39, 0.29) is 24.9 Å². The van der Waals surface area contributed by atoms with Crippen LogP contribution in [-0.2, 0) is 22.1 Å². The second-order valence-corrected chi connectivity index (χ2v) is 6.20. The molecule has 1 aromatic heterocycles. The standard InChI is InChI=1S/C19H17F4NO2/c1-2-26-17(25)8-12-3-4-13-9-24-10-14(18(12)13)11-5-6-15(16(20)7-11)19(21,22)23/h5-7,9-10,12H,2-4,8H2,1H3. The molecule has 1 heterocycles. The summed E-state index contributed by atoms with van der Waals surface area (Å²) in [5.41, 5.74) is 1.34. The van der Waals surface area contributed by atoms with Gasteiger partial charge in [0.1, 0.15) is 5.82 Å². The normalized spacial score (nSPS) is 16.4. The zero-order valence-corrected chi connectivity index (χ0v) is 14.1. The first-order valence-electron chi connectivity index (χ1n) is 8.30. The third kappa shape index (κ3) is 3.57. The van der Waals surface area contributed by atoms with Gasteiger partial charge in [0.2, 0.25) is 0 Å². The maximum Gasteiger partial charge on any atom is 0.419 e. The predicted molar refractivity (Wildman–Crippen MR) is 86.9 cm³/mol. The Balaban J connectivity index is 1.99. The van der Waals surface area contributed by atoms with Crippen LogP contribution in [0.1, 0.15) is 42.4 Å². The minimum Gasteiger partial charge on any atom is -0.466 e. The Labute approximate surface area is 148 Å². The quantitative estimate of drug-likeness (QED) is 0.571. The first-order valence-corrected chi connectivity index (χ1v) is 8.30. The third-order valence-corrected chi connectivity index (χ3v) is 4.54. The van der Waals surface area contributed by atoms with Crippen molar-refractivity contribution in [2.24, 2.45) is 0 Å². The third-order valence-electron chi connectivity index (χ3n) is 4.54. The van der Waals surface area contributed by atoms with Gasteiger partial charge in [-0.25, -0.2) is 4.39 Å². The summed E-state index contributed by atoms with van der Waals surface area (Å²) in [4.78, 5) is 16.0. The molecule has 0 fully saturated rings. The van der Waals surface area contributed by atoms with Gasteiger partial charge in [-0.15, -0.1) is 0 Å². The number of halogens is 4. The highest BCUT2D eigenvalue weighted by Crippen LogP contribution is 2.42. The van der Waals surface area contributed by atoms with E-state index >= 15 is 0 Å². The Bertz CT molecular complexity index is 833. The first kappa shape index (κ1) is 18.4. The molecule has 0 amide bonds. The maximum atomic E-state index is 14.0. The van der Waals surface area contributed by atoms with Gasteiger partial charge in [0.05, 0.1) is 18.6 Å². The summed E-state index contributed by atoms with van der Waals surface area (Å²) in [6.45, 7) is 2.01. The minimum atomic E-state index is -4.74. The van der Waals surface area contributed by atoms with Gasteiger partial charge in [-0.1, -0.05) is 6.07 Å². The summed E-state index contributed by atoms with van der Waals surface area (Å²) in [7, 11) is 0. The van der Waals surface area contributed by atoms with Crippen LogP contribution in [0.4, 0.5) is 17.6 Å². The highest BCUT2D eigenvalue weighted by Gasteiger charge is 2.34. The van der Waals surface area contributed by atoms with E-state index in [4.69, 9.17) is 4.74 Å². The molecule has 3 rings (SSSR count). The van der Waals surface area contributed by atoms with Crippen molar-refractivity contribution in [1.82, 2.24) is 4.98 Å². The van der Waals surface area contributed by atoms with Crippen molar-refractivity contribution in [2.45, 2.75) is 38.3 Å². The monoisotopic (exact) mass is 367 g/mol. The summed E-state index contributed by atoms with van der Waals surface area (Å²) in [6, 6.07) is 2.85. The minimum absolute atomic E-state index is 0.118. The Morgan fingerprint density at radius 3 is 2.73 bits per heavy atom. The molecule has 1 aliphatic rings. The summed E-state index contributed by atoms with van der Waals surface area (Å²) >= 11 is 0. The van der Waals surface area contributed by atoms with Gasteiger partial charge in [0, 0.05) is 18.0 Å². The number of esters is 1. The predicted octanol–water partition coefficient (Wildman–Crippen LogP) is 4.89. The fourth-order valence-corrected chi connectivity index (χ4v) is 3.44. The molecule has 0 N–H and O–H groups in total. The molecular weight excluding hydrogens is 350 g/mol. The molecule has 0 aliphatic heterocycles. The molecule has 7 heteroatoms. The van der Waals surface area contributed by atoms with E-state index in [0.717, 1.165) is 29.7 Å². The van der Waals surface area contributed by atoms with Crippen LogP contribution >= 0.6 is 0 Å². The number of aryl methyl sites for hydroxylation is 1. The van der Waals surface area contributed by atoms with E-state index in [1.165, 1.54) is 12.3 Å². The number of benzene rings is 1. The number of nitrogens with zero attached hydrogens (tertiary/aromatic N) is 1. The second kappa shape index (κ2) is 7.05. The summed E-state index contributed by atoms with van der Waals surface area (Å²) in [5.74, 6) is -1.77. The molecule has 1 aliphatic carbocycles. The lowest BCUT2D eigenvalue weighted by atomic mass is 9.91. The van der Waals surface area contributed by atoms with Crippen LogP contribution in [0.25, 0.3) is 11.1 Å². The number of pyridine rings is 1. The molecule has 2 aromatic rings. The van der Waals surface area contributed by atoms with Crippen LogP contribution < -0.4 is 0 Å². The maximum absolute atomic E-state index is 14.0. The fourth-order valence-electron chi connectivity index (χ4n) is 3.44. The molecular formula is C19H17F4NO2. The molecule has 0 saturated carbocycles. The van der Waals surface area contributed by atoms with Crippen LogP contribution in [0.15, 0.2) is 30.6 Å². The Kier molecular flexibility index (Phi) is 4.98. The van der Waals surface area contributed by atoms with Crippen molar-refractivity contribution >= 4 is 5.97 Å². The van der Waals surface area contributed by atoms with Gasteiger partial charge < -0.3 is 4.74 Å². The van der Waals surface area contributed by atoms with Crippen LogP contribution in [0.2, 0.25) is 0 Å². The second-order valence-electron chi connectivity index (χ2n) is 6.20. The zero-order valence-electron chi connectivity index (χ0n) is 14.1. The topological polar surface area (TPSA) is 39.2 Å². The van der Waals surface area contributed by atoms with Crippen molar-refractivity contribution in [3.8, 4) is 11.1 Å². The number of carbonyl (C=O) groups excluding carboxylic acids is 1. The number of carbonyl (C=O) groups is 1. The van der Waals surface area contributed by atoms with Crippen LogP contribution in [-0.4, -0.2) is 17.6 Å². The number of ether oxygens (including phenoxy) is 1. The molecule has 0 radical (unpaired) electrons.